The van der Waals surface area contributed by atoms with E-state index in [2.05, 4.69) is 10.6 Å². The van der Waals surface area contributed by atoms with Gasteiger partial charge in [-0.1, -0.05) is 0 Å². The molecule has 1 aromatic heterocycles. The van der Waals surface area contributed by atoms with E-state index in [9.17, 15) is 9.59 Å². The second-order valence-electron chi connectivity index (χ2n) is 4.94. The van der Waals surface area contributed by atoms with Crippen molar-refractivity contribution in [1.29, 1.82) is 0 Å². The number of furan rings is 1. The van der Waals surface area contributed by atoms with Gasteiger partial charge in [-0.3, -0.25) is 9.59 Å². The number of benzene rings is 1. The fraction of sp³-hybridized carbons (Fsp3) is 0.294. The topological polar surface area (TPSA) is 89.8 Å². The molecule has 1 aromatic carbocycles. The van der Waals surface area contributed by atoms with Crippen molar-refractivity contribution in [2.75, 3.05) is 27.3 Å². The smallest absolute Gasteiger partial charge is 0.287 e. The van der Waals surface area contributed by atoms with Gasteiger partial charge >= 0.3 is 0 Å². The van der Waals surface area contributed by atoms with Crippen molar-refractivity contribution in [2.24, 2.45) is 0 Å². The highest BCUT2D eigenvalue weighted by Crippen LogP contribution is 2.24. The van der Waals surface area contributed by atoms with Crippen LogP contribution < -0.4 is 20.1 Å². The molecule has 0 spiro atoms. The Morgan fingerprint density at radius 3 is 2.62 bits per heavy atom. The second kappa shape index (κ2) is 8.61. The van der Waals surface area contributed by atoms with Gasteiger partial charge < -0.3 is 24.5 Å². The number of hydrogen-bond acceptors (Lipinski definition) is 5. The normalized spacial score (nSPS) is 10.1. The molecule has 7 heteroatoms. The summed E-state index contributed by atoms with van der Waals surface area (Å²) < 4.78 is 15.4. The number of amides is 2. The Balaban J connectivity index is 1.77. The van der Waals surface area contributed by atoms with Crippen LogP contribution in [-0.2, 0) is 11.2 Å². The Morgan fingerprint density at radius 2 is 1.96 bits per heavy atom. The minimum Gasteiger partial charge on any atom is -0.497 e. The van der Waals surface area contributed by atoms with E-state index < -0.39 is 5.91 Å². The third-order valence-electron chi connectivity index (χ3n) is 3.36. The van der Waals surface area contributed by atoms with Crippen LogP contribution in [0.4, 0.5) is 0 Å². The molecule has 0 saturated heterocycles. The van der Waals surface area contributed by atoms with Crippen molar-refractivity contribution in [3.05, 3.63) is 47.9 Å². The highest BCUT2D eigenvalue weighted by molar-refractivity contribution is 5.94. The number of hydrogen-bond donors (Lipinski definition) is 2. The average molecular weight is 332 g/mol. The van der Waals surface area contributed by atoms with E-state index in [-0.39, 0.29) is 18.2 Å². The molecule has 0 unspecified atom stereocenters. The molecule has 0 aliphatic heterocycles. The van der Waals surface area contributed by atoms with Crippen LogP contribution in [0.1, 0.15) is 16.1 Å². The summed E-state index contributed by atoms with van der Waals surface area (Å²) in [7, 11) is 3.18. The predicted octanol–water partition coefficient (Wildman–Crippen LogP) is 1.39. The van der Waals surface area contributed by atoms with E-state index in [4.69, 9.17) is 13.9 Å². The van der Waals surface area contributed by atoms with Gasteiger partial charge in [0.15, 0.2) is 5.76 Å². The molecule has 24 heavy (non-hydrogen) atoms. The molecule has 2 rings (SSSR count). The van der Waals surface area contributed by atoms with E-state index in [1.54, 1.807) is 20.3 Å². The Morgan fingerprint density at radius 1 is 1.12 bits per heavy atom. The zero-order valence-electron chi connectivity index (χ0n) is 13.6. The van der Waals surface area contributed by atoms with Gasteiger partial charge in [-0.2, -0.15) is 0 Å². The number of carbonyl (C=O) groups is 2. The molecular formula is C17H20N2O5. The Hall–Kier alpha value is -2.96. The molecule has 0 aliphatic carbocycles. The molecule has 1 heterocycles. The van der Waals surface area contributed by atoms with Crippen LogP contribution >= 0.6 is 0 Å². The lowest BCUT2D eigenvalue weighted by Gasteiger charge is -2.11. The van der Waals surface area contributed by atoms with Crippen molar-refractivity contribution in [1.82, 2.24) is 10.6 Å². The SMILES string of the molecule is COc1ccc(OC)c(CCNC(=O)CNC(=O)c2ccco2)c1. The molecule has 0 aliphatic rings. The van der Waals surface area contributed by atoms with Gasteiger partial charge in [-0.25, -0.2) is 0 Å². The minimum atomic E-state index is -0.426. The first-order valence-corrected chi connectivity index (χ1v) is 7.43. The van der Waals surface area contributed by atoms with E-state index in [1.807, 2.05) is 18.2 Å². The van der Waals surface area contributed by atoms with Gasteiger partial charge in [0.2, 0.25) is 5.91 Å². The summed E-state index contributed by atoms with van der Waals surface area (Å²) in [6.45, 7) is 0.299. The van der Waals surface area contributed by atoms with Crippen molar-refractivity contribution >= 4 is 11.8 Å². The number of rotatable bonds is 8. The van der Waals surface area contributed by atoms with E-state index in [0.29, 0.717) is 13.0 Å². The van der Waals surface area contributed by atoms with Crippen molar-refractivity contribution in [3.63, 3.8) is 0 Å². The third-order valence-corrected chi connectivity index (χ3v) is 3.36. The fourth-order valence-electron chi connectivity index (χ4n) is 2.13. The average Bonchev–Trinajstić information content (AvgIpc) is 3.14. The van der Waals surface area contributed by atoms with E-state index in [0.717, 1.165) is 17.1 Å². The van der Waals surface area contributed by atoms with Crippen molar-refractivity contribution in [2.45, 2.75) is 6.42 Å². The summed E-state index contributed by atoms with van der Waals surface area (Å²) >= 11 is 0. The summed E-state index contributed by atoms with van der Waals surface area (Å²) in [6, 6.07) is 8.63. The van der Waals surface area contributed by atoms with Gasteiger partial charge in [0, 0.05) is 6.54 Å². The first-order chi connectivity index (χ1) is 11.6. The molecule has 0 bridgehead atoms. The second-order valence-corrected chi connectivity index (χ2v) is 4.94. The van der Waals surface area contributed by atoms with E-state index in [1.165, 1.54) is 12.3 Å². The lowest BCUT2D eigenvalue weighted by Crippen LogP contribution is -2.37. The van der Waals surface area contributed by atoms with Crippen LogP contribution in [0.25, 0.3) is 0 Å². The molecule has 2 N–H and O–H groups in total. The molecule has 7 nitrogen and oxygen atoms in total. The van der Waals surface area contributed by atoms with Crippen LogP contribution in [0.2, 0.25) is 0 Å². The summed E-state index contributed by atoms with van der Waals surface area (Å²) in [6.07, 6.45) is 1.98. The Kier molecular flexibility index (Phi) is 6.24. The lowest BCUT2D eigenvalue weighted by atomic mass is 10.1. The first kappa shape index (κ1) is 17.4. The third kappa shape index (κ3) is 4.77. The predicted molar refractivity (Wildman–Crippen MR) is 87.3 cm³/mol. The van der Waals surface area contributed by atoms with Gasteiger partial charge in [-0.15, -0.1) is 0 Å². The zero-order valence-corrected chi connectivity index (χ0v) is 13.6. The molecular weight excluding hydrogens is 312 g/mol. The summed E-state index contributed by atoms with van der Waals surface area (Å²) in [4.78, 5) is 23.4. The quantitative estimate of drug-likeness (QED) is 0.762. The van der Waals surface area contributed by atoms with E-state index >= 15 is 0 Å². The largest absolute Gasteiger partial charge is 0.497 e. The molecule has 0 fully saturated rings. The number of ether oxygens (including phenoxy) is 2. The van der Waals surface area contributed by atoms with Gasteiger partial charge in [0.1, 0.15) is 11.5 Å². The maximum absolute atomic E-state index is 11.8. The molecule has 0 saturated carbocycles. The first-order valence-electron chi connectivity index (χ1n) is 7.43. The Labute approximate surface area is 139 Å². The van der Waals surface area contributed by atoms with Crippen LogP contribution in [0.15, 0.2) is 41.0 Å². The zero-order chi connectivity index (χ0) is 17.4. The van der Waals surface area contributed by atoms with Gasteiger partial charge in [0.25, 0.3) is 5.91 Å². The molecule has 0 radical (unpaired) electrons. The van der Waals surface area contributed by atoms with Gasteiger partial charge in [-0.05, 0) is 42.3 Å². The van der Waals surface area contributed by atoms with Crippen molar-refractivity contribution in [3.8, 4) is 11.5 Å². The summed E-state index contributed by atoms with van der Waals surface area (Å²) in [5, 5.41) is 5.22. The maximum Gasteiger partial charge on any atom is 0.287 e. The standard InChI is InChI=1S/C17H20N2O5/c1-22-13-5-6-14(23-2)12(10-13)7-8-18-16(20)11-19-17(21)15-4-3-9-24-15/h3-6,9-10H,7-8,11H2,1-2H3,(H,18,20)(H,19,21). The maximum atomic E-state index is 11.8. The molecule has 128 valence electrons. The number of methoxy groups -OCH3 is 2. The molecule has 2 amide bonds. The molecule has 0 atom stereocenters. The number of carbonyl (C=O) groups excluding carboxylic acids is 2. The van der Waals surface area contributed by atoms with Crippen LogP contribution in [-0.4, -0.2) is 39.1 Å². The lowest BCUT2D eigenvalue weighted by molar-refractivity contribution is -0.120. The Bertz CT molecular complexity index is 682. The monoisotopic (exact) mass is 332 g/mol. The van der Waals surface area contributed by atoms with Crippen LogP contribution in [0.3, 0.4) is 0 Å². The van der Waals surface area contributed by atoms with Gasteiger partial charge in [0.05, 0.1) is 27.0 Å². The summed E-state index contributed by atoms with van der Waals surface area (Å²) in [5.74, 6) is 0.921. The highest BCUT2D eigenvalue weighted by Gasteiger charge is 2.10. The summed E-state index contributed by atoms with van der Waals surface area (Å²) in [5.41, 5.74) is 0.928. The van der Waals surface area contributed by atoms with Crippen molar-refractivity contribution < 1.29 is 23.5 Å². The molecule has 2 aromatic rings. The fourth-order valence-corrected chi connectivity index (χ4v) is 2.13. The van der Waals surface area contributed by atoms with Crippen LogP contribution in [0.5, 0.6) is 11.5 Å². The minimum absolute atomic E-state index is 0.116. The van der Waals surface area contributed by atoms with Crippen LogP contribution in [0, 0.1) is 0 Å². The highest BCUT2D eigenvalue weighted by atomic mass is 16.5. The number of nitrogens with one attached hydrogen (secondary N) is 2.